The van der Waals surface area contributed by atoms with Crippen molar-refractivity contribution >= 4 is 17.8 Å². The first-order chi connectivity index (χ1) is 2.89. The summed E-state index contributed by atoms with van der Waals surface area (Å²) in [7, 11) is 0. The summed E-state index contributed by atoms with van der Waals surface area (Å²) < 4.78 is 0. The zero-order valence-corrected chi connectivity index (χ0v) is 3.77. The fraction of sp³-hybridized carbons (Fsp3) is 0.667. The lowest BCUT2D eigenvalue weighted by Crippen LogP contribution is -1.89. The Balaban J connectivity index is 2.32. The fourth-order valence-corrected chi connectivity index (χ4v) is 0.350. The zero-order valence-electron chi connectivity index (χ0n) is 3.02. The van der Waals surface area contributed by atoms with Gasteiger partial charge in [-0.25, -0.2) is 0 Å². The van der Waals surface area contributed by atoms with Crippen LogP contribution in [0, 0.1) is 0 Å². The summed E-state index contributed by atoms with van der Waals surface area (Å²) in [4.78, 5) is 4.43. The number of alkyl halides is 1. The van der Waals surface area contributed by atoms with E-state index in [1.807, 2.05) is 0 Å². The van der Waals surface area contributed by atoms with Crippen molar-refractivity contribution < 1.29 is 4.84 Å². The highest BCUT2D eigenvalue weighted by molar-refractivity contribution is 6.20. The van der Waals surface area contributed by atoms with Gasteiger partial charge in [-0.2, -0.15) is 0 Å². The second-order valence-electron chi connectivity index (χ2n) is 0.969. The third kappa shape index (κ3) is 0.627. The van der Waals surface area contributed by atoms with Crippen molar-refractivity contribution in [3.63, 3.8) is 0 Å². The molecule has 0 aliphatic carbocycles. The Morgan fingerprint density at radius 2 is 2.83 bits per heavy atom. The van der Waals surface area contributed by atoms with E-state index in [2.05, 4.69) is 16.2 Å². The molecule has 0 aromatic heterocycles. The number of halogens is 1. The van der Waals surface area contributed by atoms with Crippen LogP contribution in [-0.2, 0) is 4.84 Å². The van der Waals surface area contributed by atoms with Crippen molar-refractivity contribution in [2.75, 3.05) is 0 Å². The number of hydrogen-bond acceptors (Lipinski definition) is 2. The minimum atomic E-state index is -0.259. The van der Waals surface area contributed by atoms with Crippen molar-refractivity contribution in [1.82, 2.24) is 0 Å². The minimum absolute atomic E-state index is 0.259. The number of nitrogens with zero attached hydrogens (tertiary/aromatic N) is 1. The summed E-state index contributed by atoms with van der Waals surface area (Å²) in [6.45, 7) is 0. The monoisotopic (exact) mass is 104 g/mol. The van der Waals surface area contributed by atoms with Gasteiger partial charge < -0.3 is 4.84 Å². The van der Waals surface area contributed by atoms with Gasteiger partial charge in [0.25, 0.3) is 0 Å². The molecule has 1 unspecified atom stereocenters. The van der Waals surface area contributed by atoms with E-state index in [1.54, 1.807) is 0 Å². The molecule has 1 heterocycles. The van der Waals surface area contributed by atoms with Crippen LogP contribution in [-0.4, -0.2) is 11.8 Å². The highest BCUT2D eigenvalue weighted by Crippen LogP contribution is 2.06. The van der Waals surface area contributed by atoms with Gasteiger partial charge in [-0.15, -0.1) is 0 Å². The summed E-state index contributed by atoms with van der Waals surface area (Å²) >= 11 is 5.33. The van der Waals surface area contributed by atoms with Crippen LogP contribution in [0.5, 0.6) is 0 Å². The standard InChI is InChI=1S/C3H3ClNO/c4-3-1-2-5-6-3/h3H,1H2. The normalized spacial score (nSPS) is 30.5. The predicted molar refractivity (Wildman–Crippen MR) is 22.8 cm³/mol. The molecule has 0 bridgehead atoms. The first kappa shape index (κ1) is 3.93. The Bertz CT molecular complexity index is 65.2. The van der Waals surface area contributed by atoms with Gasteiger partial charge in [0.1, 0.15) is 6.21 Å². The first-order valence-corrected chi connectivity index (χ1v) is 2.06. The number of hydrogen-bond donors (Lipinski definition) is 0. The molecule has 1 atom stereocenters. The van der Waals surface area contributed by atoms with Crippen molar-refractivity contribution in [2.24, 2.45) is 5.16 Å². The van der Waals surface area contributed by atoms with Crippen LogP contribution in [0.25, 0.3) is 0 Å². The van der Waals surface area contributed by atoms with Gasteiger partial charge in [0, 0.05) is 6.42 Å². The number of rotatable bonds is 0. The molecular formula is C3H3ClNO. The van der Waals surface area contributed by atoms with Crippen LogP contribution in [0.3, 0.4) is 0 Å². The molecule has 33 valence electrons. The highest BCUT2D eigenvalue weighted by atomic mass is 35.5. The average molecular weight is 105 g/mol. The molecule has 0 spiro atoms. The second kappa shape index (κ2) is 1.47. The third-order valence-corrected chi connectivity index (χ3v) is 0.717. The van der Waals surface area contributed by atoms with Gasteiger partial charge in [-0.05, 0) is 0 Å². The van der Waals surface area contributed by atoms with Gasteiger partial charge >= 0.3 is 0 Å². The van der Waals surface area contributed by atoms with Gasteiger partial charge in [0.05, 0.1) is 0 Å². The van der Waals surface area contributed by atoms with Crippen LogP contribution in [0.15, 0.2) is 5.16 Å². The quantitative estimate of drug-likeness (QED) is 0.417. The molecule has 1 aliphatic heterocycles. The first-order valence-electron chi connectivity index (χ1n) is 1.62. The second-order valence-corrected chi connectivity index (χ2v) is 1.46. The van der Waals surface area contributed by atoms with Crippen LogP contribution < -0.4 is 0 Å². The highest BCUT2D eigenvalue weighted by Gasteiger charge is 2.06. The maximum atomic E-state index is 5.33. The summed E-state index contributed by atoms with van der Waals surface area (Å²) in [6.07, 6.45) is 3.16. The van der Waals surface area contributed by atoms with Crippen molar-refractivity contribution in [2.45, 2.75) is 12.0 Å². The van der Waals surface area contributed by atoms with Crippen LogP contribution in [0.1, 0.15) is 6.42 Å². The van der Waals surface area contributed by atoms with E-state index in [4.69, 9.17) is 11.6 Å². The average Bonchev–Trinajstić information content (AvgIpc) is 1.86. The maximum absolute atomic E-state index is 5.33. The Kier molecular flexibility index (Phi) is 0.965. The molecule has 0 saturated carbocycles. The Morgan fingerprint density at radius 3 is 3.00 bits per heavy atom. The van der Waals surface area contributed by atoms with Gasteiger partial charge in [-0.1, -0.05) is 16.8 Å². The topological polar surface area (TPSA) is 21.6 Å². The molecule has 1 aliphatic rings. The fourth-order valence-electron chi connectivity index (χ4n) is 0.241. The molecule has 2 nitrogen and oxygen atoms in total. The smallest absolute Gasteiger partial charge is 0.206 e. The SMILES string of the molecule is ClC1C[C]=NO1. The van der Waals surface area contributed by atoms with E-state index < -0.39 is 0 Å². The van der Waals surface area contributed by atoms with E-state index in [0.717, 1.165) is 0 Å². The molecular weight excluding hydrogens is 101 g/mol. The van der Waals surface area contributed by atoms with Crippen LogP contribution in [0.2, 0.25) is 0 Å². The lowest BCUT2D eigenvalue weighted by Gasteiger charge is -1.90. The van der Waals surface area contributed by atoms with Gasteiger partial charge in [0.2, 0.25) is 5.56 Å². The Hall–Kier alpha value is -0.240. The molecule has 0 amide bonds. The maximum Gasteiger partial charge on any atom is 0.206 e. The molecule has 6 heavy (non-hydrogen) atoms. The largest absolute Gasteiger partial charge is 0.376 e. The molecule has 3 heteroatoms. The molecule has 1 radical (unpaired) electrons. The van der Waals surface area contributed by atoms with Crippen molar-refractivity contribution in [1.29, 1.82) is 0 Å². The molecule has 0 saturated heterocycles. The lowest BCUT2D eigenvalue weighted by atomic mass is 10.5. The van der Waals surface area contributed by atoms with Crippen LogP contribution in [0.4, 0.5) is 0 Å². The van der Waals surface area contributed by atoms with Crippen molar-refractivity contribution in [3.8, 4) is 0 Å². The van der Waals surface area contributed by atoms with E-state index in [0.29, 0.717) is 6.42 Å². The third-order valence-electron chi connectivity index (χ3n) is 0.483. The minimum Gasteiger partial charge on any atom is -0.376 e. The molecule has 0 N–H and O–H groups in total. The van der Waals surface area contributed by atoms with E-state index in [-0.39, 0.29) is 5.56 Å². The van der Waals surface area contributed by atoms with Gasteiger partial charge in [0.15, 0.2) is 0 Å². The lowest BCUT2D eigenvalue weighted by molar-refractivity contribution is 0.143. The molecule has 0 aromatic carbocycles. The van der Waals surface area contributed by atoms with E-state index >= 15 is 0 Å². The summed E-state index contributed by atoms with van der Waals surface area (Å²) in [5.74, 6) is 0. The molecule has 0 aromatic rings. The van der Waals surface area contributed by atoms with Gasteiger partial charge in [-0.3, -0.25) is 0 Å². The predicted octanol–water partition coefficient (Wildman–Crippen LogP) is 0.834. The Morgan fingerprint density at radius 1 is 2.00 bits per heavy atom. The summed E-state index contributed by atoms with van der Waals surface area (Å²) in [5, 5.41) is 3.28. The molecule has 1 rings (SSSR count). The Labute approximate surface area is 40.7 Å². The van der Waals surface area contributed by atoms with Crippen molar-refractivity contribution in [3.05, 3.63) is 0 Å². The zero-order chi connectivity index (χ0) is 4.41. The van der Waals surface area contributed by atoms with Crippen LogP contribution >= 0.6 is 11.6 Å². The molecule has 0 fully saturated rings. The van der Waals surface area contributed by atoms with E-state index in [9.17, 15) is 0 Å². The summed E-state index contributed by atoms with van der Waals surface area (Å²) in [5.41, 5.74) is -0.259. The summed E-state index contributed by atoms with van der Waals surface area (Å²) in [6, 6.07) is 0. The van der Waals surface area contributed by atoms with E-state index in [1.165, 1.54) is 0 Å².